The van der Waals surface area contributed by atoms with Gasteiger partial charge in [0.25, 0.3) is 0 Å². The van der Waals surface area contributed by atoms with E-state index in [1.54, 1.807) is 0 Å². The molecule has 41 heavy (non-hydrogen) atoms. The lowest BCUT2D eigenvalue weighted by Crippen LogP contribution is -2.15. The van der Waals surface area contributed by atoms with Crippen LogP contribution in [0.1, 0.15) is 69.8 Å². The van der Waals surface area contributed by atoms with Gasteiger partial charge in [-0.2, -0.15) is 13.2 Å². The lowest BCUT2D eigenvalue weighted by atomic mass is 9.82. The first-order valence-corrected chi connectivity index (χ1v) is 14.7. The Hall–Kier alpha value is -3.71. The molecule has 4 aromatic rings. The zero-order valence-electron chi connectivity index (χ0n) is 22.1. The Morgan fingerprint density at radius 3 is 1.90 bits per heavy atom. The number of nitrogens with one attached hydrogen (secondary N) is 2. The van der Waals surface area contributed by atoms with Gasteiger partial charge in [-0.3, -0.25) is 9.59 Å². The monoisotopic (exact) mass is 600 g/mol. The number of aromatic nitrogens is 4. The number of benzene rings is 2. The van der Waals surface area contributed by atoms with Gasteiger partial charge in [0.15, 0.2) is 0 Å². The number of hydrogen-bond donors (Lipinski definition) is 2. The van der Waals surface area contributed by atoms with Crippen LogP contribution in [0.2, 0.25) is 0 Å². The van der Waals surface area contributed by atoms with Gasteiger partial charge < -0.3 is 10.6 Å². The van der Waals surface area contributed by atoms with Crippen LogP contribution in [0.15, 0.2) is 48.5 Å². The summed E-state index contributed by atoms with van der Waals surface area (Å²) in [6.07, 6.45) is -0.795. The van der Waals surface area contributed by atoms with Crippen LogP contribution >= 0.6 is 22.7 Å². The average molecular weight is 601 g/mol. The molecule has 0 saturated heterocycles. The van der Waals surface area contributed by atoms with Crippen LogP contribution in [0, 0.1) is 6.92 Å². The summed E-state index contributed by atoms with van der Waals surface area (Å²) in [4.78, 5) is 25.0. The molecular weight excluding hydrogens is 573 g/mol. The zero-order valence-corrected chi connectivity index (χ0v) is 23.7. The fourth-order valence-electron chi connectivity index (χ4n) is 4.92. The lowest BCUT2D eigenvalue weighted by molar-refractivity contribution is -0.137. The Balaban J connectivity index is 1.15. The van der Waals surface area contributed by atoms with E-state index in [1.807, 2.05) is 31.2 Å². The van der Waals surface area contributed by atoms with Gasteiger partial charge in [-0.15, -0.1) is 20.4 Å². The highest BCUT2D eigenvalue weighted by atomic mass is 32.1. The molecule has 2 heterocycles. The number of amides is 2. The summed E-state index contributed by atoms with van der Waals surface area (Å²) >= 11 is 2.66. The van der Waals surface area contributed by atoms with Crippen molar-refractivity contribution in [1.29, 1.82) is 0 Å². The second-order valence-electron chi connectivity index (χ2n) is 10.1. The van der Waals surface area contributed by atoms with Crippen molar-refractivity contribution in [2.45, 2.75) is 63.5 Å². The largest absolute Gasteiger partial charge is 0.416 e. The van der Waals surface area contributed by atoms with Gasteiger partial charge in [0, 0.05) is 11.8 Å². The second kappa shape index (κ2) is 12.4. The highest BCUT2D eigenvalue weighted by molar-refractivity contribution is 7.15. The fraction of sp³-hybridized carbons (Fsp3) is 0.357. The van der Waals surface area contributed by atoms with E-state index in [2.05, 4.69) is 31.0 Å². The highest BCUT2D eigenvalue weighted by Gasteiger charge is 2.31. The molecule has 1 aliphatic rings. The topological polar surface area (TPSA) is 110 Å². The van der Waals surface area contributed by atoms with Crippen LogP contribution in [-0.4, -0.2) is 32.2 Å². The quantitative estimate of drug-likeness (QED) is 0.238. The number of rotatable bonds is 8. The Bertz CT molecular complexity index is 1540. The van der Waals surface area contributed by atoms with Gasteiger partial charge >= 0.3 is 6.18 Å². The molecule has 2 aromatic heterocycles. The number of anilines is 2. The molecule has 0 bridgehead atoms. The molecule has 1 saturated carbocycles. The van der Waals surface area contributed by atoms with E-state index in [9.17, 15) is 22.8 Å². The number of carbonyl (C=O) groups is 2. The summed E-state index contributed by atoms with van der Waals surface area (Å²) in [6, 6.07) is 12.5. The molecule has 2 aromatic carbocycles. The van der Waals surface area contributed by atoms with Gasteiger partial charge in [-0.1, -0.05) is 77.1 Å². The number of nitrogens with zero attached hydrogens (tertiary/aromatic N) is 4. The molecule has 214 valence electrons. The van der Waals surface area contributed by atoms with Crippen LogP contribution < -0.4 is 10.6 Å². The Kier molecular flexibility index (Phi) is 8.74. The second-order valence-corrected chi connectivity index (χ2v) is 12.1. The number of hydrogen-bond acceptors (Lipinski definition) is 8. The van der Waals surface area contributed by atoms with Crippen molar-refractivity contribution in [1.82, 2.24) is 20.4 Å². The summed E-state index contributed by atoms with van der Waals surface area (Å²) in [5.41, 5.74) is 1.51. The minimum absolute atomic E-state index is 0.128. The van der Waals surface area contributed by atoms with Crippen LogP contribution in [0.25, 0.3) is 0 Å². The molecular formula is C28H27F3N6O2S2. The predicted octanol–water partition coefficient (Wildman–Crippen LogP) is 6.52. The standard InChI is InChI=1S/C28H27F3N6O2S2/c1-16-5-2-6-17(11-16)13-22(38)32-26-36-34-24(40-26)19-8-4-9-20(15-19)25-35-37-27(41-25)33-23(39)14-18-7-3-10-21(12-18)28(29,30)31/h2-3,5-7,10-12,19-20H,4,8-9,13-15H2,1H3,(H,32,36,38)(H,33,37,39)/t19-,20-/m1/s1. The lowest BCUT2D eigenvalue weighted by Gasteiger charge is -2.25. The van der Waals surface area contributed by atoms with Crippen LogP contribution in [0.5, 0.6) is 0 Å². The van der Waals surface area contributed by atoms with Crippen LogP contribution in [0.3, 0.4) is 0 Å². The van der Waals surface area contributed by atoms with Gasteiger partial charge in [0.05, 0.1) is 18.4 Å². The number of aryl methyl sites for hydroxylation is 1. The normalized spacial score (nSPS) is 17.3. The molecule has 13 heteroatoms. The SMILES string of the molecule is Cc1cccc(CC(=O)Nc2nnc([C@@H]3CCC[C@@H](c4nnc(NC(=O)Cc5cccc(C(F)(F)F)c5)s4)C3)s2)c1. The maximum Gasteiger partial charge on any atom is 0.416 e. The first-order chi connectivity index (χ1) is 19.6. The van der Waals surface area contributed by atoms with Crippen molar-refractivity contribution in [2.75, 3.05) is 10.6 Å². The van der Waals surface area contributed by atoms with E-state index in [1.165, 1.54) is 34.8 Å². The molecule has 2 N–H and O–H groups in total. The molecule has 0 radical (unpaired) electrons. The van der Waals surface area contributed by atoms with E-state index in [0.29, 0.717) is 10.3 Å². The maximum atomic E-state index is 13.0. The minimum Gasteiger partial charge on any atom is -0.300 e. The average Bonchev–Trinajstić information content (AvgIpc) is 3.58. The summed E-state index contributed by atoms with van der Waals surface area (Å²) < 4.78 is 38.9. The van der Waals surface area contributed by atoms with Crippen molar-refractivity contribution >= 4 is 44.8 Å². The molecule has 8 nitrogen and oxygen atoms in total. The number of carbonyl (C=O) groups excluding carboxylic acids is 2. The highest BCUT2D eigenvalue weighted by Crippen LogP contribution is 2.43. The zero-order chi connectivity index (χ0) is 29.0. The molecule has 1 aliphatic carbocycles. The Labute approximate surface area is 242 Å². The molecule has 0 aliphatic heterocycles. The third-order valence-electron chi connectivity index (χ3n) is 6.81. The van der Waals surface area contributed by atoms with E-state index in [4.69, 9.17) is 0 Å². The molecule has 5 rings (SSSR count). The van der Waals surface area contributed by atoms with Gasteiger partial charge in [0.2, 0.25) is 22.1 Å². The smallest absolute Gasteiger partial charge is 0.300 e. The molecule has 0 unspecified atom stereocenters. The van der Waals surface area contributed by atoms with E-state index in [-0.39, 0.29) is 36.1 Å². The molecule has 2 atom stereocenters. The molecule has 1 fully saturated rings. The molecule has 0 spiro atoms. The summed E-state index contributed by atoms with van der Waals surface area (Å²) in [5, 5.41) is 24.8. The van der Waals surface area contributed by atoms with Crippen molar-refractivity contribution < 1.29 is 22.8 Å². The Morgan fingerprint density at radius 1 is 0.829 bits per heavy atom. The van der Waals surface area contributed by atoms with Crippen LogP contribution in [-0.2, 0) is 28.6 Å². The van der Waals surface area contributed by atoms with Crippen molar-refractivity contribution in [3.8, 4) is 0 Å². The Morgan fingerprint density at radius 2 is 1.37 bits per heavy atom. The van der Waals surface area contributed by atoms with Crippen molar-refractivity contribution in [3.05, 3.63) is 80.8 Å². The number of halogens is 3. The molecule has 2 amide bonds. The summed E-state index contributed by atoms with van der Waals surface area (Å²) in [7, 11) is 0. The first-order valence-electron chi connectivity index (χ1n) is 13.1. The van der Waals surface area contributed by atoms with Gasteiger partial charge in [-0.25, -0.2) is 0 Å². The third-order valence-corrected chi connectivity index (χ3v) is 8.82. The third kappa shape index (κ3) is 7.73. The predicted molar refractivity (Wildman–Crippen MR) is 151 cm³/mol. The number of alkyl halides is 3. The summed E-state index contributed by atoms with van der Waals surface area (Å²) in [5.74, 6) is -0.309. The van der Waals surface area contributed by atoms with Crippen molar-refractivity contribution in [2.24, 2.45) is 0 Å². The van der Waals surface area contributed by atoms with Gasteiger partial charge in [-0.05, 0) is 43.4 Å². The fourth-order valence-corrected chi connectivity index (χ4v) is 6.73. The van der Waals surface area contributed by atoms with Crippen LogP contribution in [0.4, 0.5) is 23.4 Å². The van der Waals surface area contributed by atoms with E-state index >= 15 is 0 Å². The maximum absolute atomic E-state index is 13.0. The first kappa shape index (κ1) is 28.8. The minimum atomic E-state index is -4.47. The van der Waals surface area contributed by atoms with E-state index in [0.717, 1.165) is 59.0 Å². The summed E-state index contributed by atoms with van der Waals surface area (Å²) in [6.45, 7) is 1.99. The van der Waals surface area contributed by atoms with E-state index < -0.39 is 17.6 Å². The van der Waals surface area contributed by atoms with Crippen molar-refractivity contribution in [3.63, 3.8) is 0 Å². The van der Waals surface area contributed by atoms with Gasteiger partial charge in [0.1, 0.15) is 10.0 Å².